The van der Waals surface area contributed by atoms with Crippen LogP contribution in [0.5, 0.6) is 0 Å². The summed E-state index contributed by atoms with van der Waals surface area (Å²) in [5, 5.41) is 20.2. The number of halogens is 2. The maximum atomic E-state index is 13.1. The second-order valence-corrected chi connectivity index (χ2v) is 6.53. The van der Waals surface area contributed by atoms with E-state index in [0.29, 0.717) is 24.7 Å². The molecule has 2 atom stereocenters. The minimum absolute atomic E-state index is 0.335. The summed E-state index contributed by atoms with van der Waals surface area (Å²) in [5.41, 5.74) is -2.08. The number of aliphatic hydroxyl groups is 2. The monoisotopic (exact) mass is 248 g/mol. The fourth-order valence-electron chi connectivity index (χ4n) is 4.05. The van der Waals surface area contributed by atoms with Crippen LogP contribution in [0.3, 0.4) is 0 Å². The van der Waals surface area contributed by atoms with E-state index < -0.39 is 16.9 Å². The van der Waals surface area contributed by atoms with Crippen molar-refractivity contribution in [2.45, 2.75) is 57.5 Å². The van der Waals surface area contributed by atoms with E-state index in [9.17, 15) is 19.0 Å². The summed E-state index contributed by atoms with van der Waals surface area (Å²) in [6.45, 7) is 3.75. The molecule has 2 rings (SSSR count). The molecule has 2 nitrogen and oxygen atoms in total. The third kappa shape index (κ3) is 2.10. The van der Waals surface area contributed by atoms with Crippen molar-refractivity contribution in [1.29, 1.82) is 0 Å². The minimum Gasteiger partial charge on any atom is -0.396 e. The Morgan fingerprint density at radius 3 is 1.94 bits per heavy atom. The molecule has 0 aromatic carbocycles. The molecule has 0 radical (unpaired) electrons. The Morgan fingerprint density at radius 2 is 1.59 bits per heavy atom. The average Bonchev–Trinajstić information content (AvgIpc) is 2.10. The van der Waals surface area contributed by atoms with Crippen LogP contribution in [0.4, 0.5) is 8.78 Å². The zero-order valence-corrected chi connectivity index (χ0v) is 10.5. The number of hydrogen-bond acceptors (Lipinski definition) is 2. The number of hydrogen-bond donors (Lipinski definition) is 2. The predicted molar refractivity (Wildman–Crippen MR) is 60.8 cm³/mol. The van der Waals surface area contributed by atoms with Crippen molar-refractivity contribution in [3.63, 3.8) is 0 Å². The molecule has 2 unspecified atom stereocenters. The van der Waals surface area contributed by atoms with E-state index in [1.54, 1.807) is 0 Å². The van der Waals surface area contributed by atoms with Gasteiger partial charge in [-0.05, 0) is 31.1 Å². The van der Waals surface area contributed by atoms with Crippen LogP contribution in [-0.2, 0) is 0 Å². The summed E-state index contributed by atoms with van der Waals surface area (Å²) >= 11 is 0. The topological polar surface area (TPSA) is 40.5 Å². The molecular formula is C13H22F2O2. The molecule has 100 valence electrons. The third-order valence-electron chi connectivity index (χ3n) is 4.66. The summed E-state index contributed by atoms with van der Waals surface area (Å²) in [5.74, 6) is -2.04. The van der Waals surface area contributed by atoms with E-state index in [1.165, 1.54) is 0 Å². The molecule has 0 aliphatic heterocycles. The van der Waals surface area contributed by atoms with Crippen LogP contribution >= 0.6 is 0 Å². The second kappa shape index (κ2) is 3.89. The highest BCUT2D eigenvalue weighted by Gasteiger charge is 2.66. The first kappa shape index (κ1) is 13.2. The van der Waals surface area contributed by atoms with Gasteiger partial charge in [0.2, 0.25) is 5.92 Å². The molecule has 0 amide bonds. The largest absolute Gasteiger partial charge is 0.396 e. The van der Waals surface area contributed by atoms with Crippen LogP contribution in [0.15, 0.2) is 0 Å². The van der Waals surface area contributed by atoms with Crippen LogP contribution in [0, 0.1) is 17.3 Å². The first-order valence-electron chi connectivity index (χ1n) is 6.43. The smallest absolute Gasteiger partial charge is 0.249 e. The summed E-state index contributed by atoms with van der Waals surface area (Å²) in [7, 11) is 0. The van der Waals surface area contributed by atoms with Crippen molar-refractivity contribution >= 4 is 0 Å². The number of rotatable bonds is 2. The summed E-state index contributed by atoms with van der Waals surface area (Å²) in [4.78, 5) is 0. The third-order valence-corrected chi connectivity index (χ3v) is 4.66. The Morgan fingerprint density at radius 1 is 1.12 bits per heavy atom. The van der Waals surface area contributed by atoms with Crippen LogP contribution < -0.4 is 0 Å². The lowest BCUT2D eigenvalue weighted by atomic mass is 9.51. The molecule has 0 heterocycles. The van der Waals surface area contributed by atoms with Gasteiger partial charge >= 0.3 is 0 Å². The fraction of sp³-hybridized carbons (Fsp3) is 1.00. The SMILES string of the molecule is CC1CC(C)CC(O)(C2(CO)CC(F)(F)C2)C1. The summed E-state index contributed by atoms with van der Waals surface area (Å²) < 4.78 is 26.2. The van der Waals surface area contributed by atoms with Gasteiger partial charge in [-0.25, -0.2) is 8.78 Å². The van der Waals surface area contributed by atoms with E-state index >= 15 is 0 Å². The van der Waals surface area contributed by atoms with Gasteiger partial charge in [-0.15, -0.1) is 0 Å². The van der Waals surface area contributed by atoms with Crippen molar-refractivity contribution in [3.8, 4) is 0 Å². The zero-order valence-electron chi connectivity index (χ0n) is 10.5. The predicted octanol–water partition coefficient (Wildman–Crippen LogP) is 2.58. The maximum absolute atomic E-state index is 13.1. The average molecular weight is 248 g/mol. The van der Waals surface area contributed by atoms with Crippen molar-refractivity contribution in [2.75, 3.05) is 6.61 Å². The highest BCUT2D eigenvalue weighted by molar-refractivity contribution is 5.11. The lowest BCUT2D eigenvalue weighted by Gasteiger charge is -2.58. The molecule has 17 heavy (non-hydrogen) atoms. The molecule has 0 saturated heterocycles. The molecule has 2 saturated carbocycles. The quantitative estimate of drug-likeness (QED) is 0.788. The Balaban J connectivity index is 2.19. The van der Waals surface area contributed by atoms with Gasteiger partial charge in [0.1, 0.15) is 0 Å². The van der Waals surface area contributed by atoms with E-state index in [4.69, 9.17) is 0 Å². The van der Waals surface area contributed by atoms with Gasteiger partial charge in [0, 0.05) is 18.3 Å². The lowest BCUT2D eigenvalue weighted by molar-refractivity contribution is -0.266. The molecule has 2 fully saturated rings. The Hall–Kier alpha value is -0.220. The van der Waals surface area contributed by atoms with E-state index in [2.05, 4.69) is 0 Å². The standard InChI is InChI=1S/C13H22F2O2/c1-9-3-10(2)5-12(17,4-9)11(8-16)6-13(14,15)7-11/h9-10,16-17H,3-8H2,1-2H3. The Kier molecular flexibility index (Phi) is 3.02. The van der Waals surface area contributed by atoms with Gasteiger partial charge in [-0.2, -0.15) is 0 Å². The lowest BCUT2D eigenvalue weighted by Crippen LogP contribution is -2.64. The molecule has 0 aromatic heterocycles. The molecule has 2 N–H and O–H groups in total. The Labute approximate surface area is 101 Å². The summed E-state index contributed by atoms with van der Waals surface area (Å²) in [6.07, 6.45) is 1.36. The van der Waals surface area contributed by atoms with Gasteiger partial charge in [-0.1, -0.05) is 13.8 Å². The van der Waals surface area contributed by atoms with Crippen molar-refractivity contribution < 1.29 is 19.0 Å². The van der Waals surface area contributed by atoms with Gasteiger partial charge in [0.15, 0.2) is 0 Å². The van der Waals surface area contributed by atoms with E-state index in [1.807, 2.05) is 13.8 Å². The number of aliphatic hydroxyl groups excluding tert-OH is 1. The zero-order chi connectivity index (χ0) is 12.9. The molecule has 2 aliphatic rings. The normalized spacial score (nSPS) is 44.1. The van der Waals surface area contributed by atoms with Gasteiger partial charge in [0.05, 0.1) is 12.2 Å². The summed E-state index contributed by atoms with van der Waals surface area (Å²) in [6, 6.07) is 0. The van der Waals surface area contributed by atoms with Crippen molar-refractivity contribution in [2.24, 2.45) is 17.3 Å². The molecule has 0 aromatic rings. The molecule has 2 aliphatic carbocycles. The van der Waals surface area contributed by atoms with Crippen LogP contribution in [-0.4, -0.2) is 28.3 Å². The molecule has 0 bridgehead atoms. The van der Waals surface area contributed by atoms with Crippen LogP contribution in [0.1, 0.15) is 46.0 Å². The highest BCUT2D eigenvalue weighted by Crippen LogP contribution is 2.61. The molecule has 4 heteroatoms. The van der Waals surface area contributed by atoms with E-state index in [-0.39, 0.29) is 19.4 Å². The van der Waals surface area contributed by atoms with Crippen LogP contribution in [0.2, 0.25) is 0 Å². The van der Waals surface area contributed by atoms with Gasteiger partial charge in [-0.3, -0.25) is 0 Å². The molecule has 0 spiro atoms. The fourth-order valence-corrected chi connectivity index (χ4v) is 4.05. The van der Waals surface area contributed by atoms with Crippen molar-refractivity contribution in [3.05, 3.63) is 0 Å². The van der Waals surface area contributed by atoms with Gasteiger partial charge < -0.3 is 10.2 Å². The minimum atomic E-state index is -2.71. The van der Waals surface area contributed by atoms with Crippen molar-refractivity contribution in [1.82, 2.24) is 0 Å². The van der Waals surface area contributed by atoms with E-state index in [0.717, 1.165) is 6.42 Å². The first-order chi connectivity index (χ1) is 7.72. The highest BCUT2D eigenvalue weighted by atomic mass is 19.3. The number of alkyl halides is 2. The van der Waals surface area contributed by atoms with Gasteiger partial charge in [0.25, 0.3) is 0 Å². The maximum Gasteiger partial charge on any atom is 0.249 e. The molecular weight excluding hydrogens is 226 g/mol. The van der Waals surface area contributed by atoms with Crippen LogP contribution in [0.25, 0.3) is 0 Å². The second-order valence-electron chi connectivity index (χ2n) is 6.53. The first-order valence-corrected chi connectivity index (χ1v) is 6.43. The Bertz CT molecular complexity index is 286.